The van der Waals surface area contributed by atoms with E-state index in [4.69, 9.17) is 4.42 Å². The number of hydrogen-bond acceptors (Lipinski definition) is 5. The van der Waals surface area contributed by atoms with Crippen molar-refractivity contribution in [2.45, 2.75) is 25.2 Å². The lowest BCUT2D eigenvalue weighted by Crippen LogP contribution is -2.31. The van der Waals surface area contributed by atoms with E-state index < -0.39 is 16.0 Å². The smallest absolute Gasteiger partial charge is 0.340 e. The van der Waals surface area contributed by atoms with E-state index in [0.29, 0.717) is 13.0 Å². The van der Waals surface area contributed by atoms with Gasteiger partial charge in [-0.05, 0) is 40.9 Å². The van der Waals surface area contributed by atoms with Crippen molar-refractivity contribution in [2.24, 2.45) is 0 Å². The first kappa shape index (κ1) is 17.7. The van der Waals surface area contributed by atoms with E-state index >= 15 is 0 Å². The third kappa shape index (κ3) is 3.84. The number of carboxylic acid groups (broad SMARTS) is 1. The summed E-state index contributed by atoms with van der Waals surface area (Å²) < 4.78 is 31.5. The van der Waals surface area contributed by atoms with Crippen LogP contribution in [0.15, 0.2) is 9.31 Å². The SMILES string of the molecule is Cc1oc(C)c(S(=O)(=O)N(C)CCCN(C)C)c1C(=O)O. The Balaban J connectivity index is 3.11. The van der Waals surface area contributed by atoms with Crippen LogP contribution in [0.2, 0.25) is 0 Å². The van der Waals surface area contributed by atoms with Gasteiger partial charge in [0.15, 0.2) is 0 Å². The molecule has 0 amide bonds. The number of sulfonamides is 1. The minimum absolute atomic E-state index is 0.0975. The molecule has 0 aliphatic heterocycles. The summed E-state index contributed by atoms with van der Waals surface area (Å²) in [6.45, 7) is 3.96. The van der Waals surface area contributed by atoms with Gasteiger partial charge in [0.25, 0.3) is 0 Å². The maximum Gasteiger partial charge on any atom is 0.340 e. The molecule has 1 N–H and O–H groups in total. The molecular weight excluding hydrogens is 296 g/mol. The second-order valence-electron chi connectivity index (χ2n) is 5.21. The molecule has 0 saturated heterocycles. The minimum atomic E-state index is -3.88. The number of rotatable bonds is 7. The zero-order valence-corrected chi connectivity index (χ0v) is 13.8. The molecule has 0 radical (unpaired) electrons. The summed E-state index contributed by atoms with van der Waals surface area (Å²) in [7, 11) is 1.37. The van der Waals surface area contributed by atoms with Crippen molar-refractivity contribution in [1.29, 1.82) is 0 Å². The van der Waals surface area contributed by atoms with Crippen molar-refractivity contribution in [3.05, 3.63) is 17.1 Å². The Bertz CT molecular complexity index is 619. The first-order chi connectivity index (χ1) is 9.59. The van der Waals surface area contributed by atoms with Gasteiger partial charge < -0.3 is 14.4 Å². The van der Waals surface area contributed by atoms with Crippen LogP contribution in [0.25, 0.3) is 0 Å². The average Bonchev–Trinajstić information content (AvgIpc) is 2.64. The topological polar surface area (TPSA) is 91.1 Å². The molecule has 1 aromatic rings. The normalized spacial score (nSPS) is 12.3. The molecule has 0 saturated carbocycles. The van der Waals surface area contributed by atoms with Crippen molar-refractivity contribution in [3.63, 3.8) is 0 Å². The van der Waals surface area contributed by atoms with E-state index in [-0.39, 0.29) is 22.0 Å². The van der Waals surface area contributed by atoms with Crippen LogP contribution in [0, 0.1) is 13.8 Å². The fraction of sp³-hybridized carbons (Fsp3) is 0.615. The maximum atomic E-state index is 12.6. The summed E-state index contributed by atoms with van der Waals surface area (Å²) in [4.78, 5) is 13.0. The van der Waals surface area contributed by atoms with Crippen LogP contribution in [0.4, 0.5) is 0 Å². The lowest BCUT2D eigenvalue weighted by Gasteiger charge is -2.18. The van der Waals surface area contributed by atoms with E-state index in [0.717, 1.165) is 6.54 Å². The molecule has 0 aliphatic carbocycles. The highest BCUT2D eigenvalue weighted by atomic mass is 32.2. The fourth-order valence-electron chi connectivity index (χ4n) is 2.11. The first-order valence-corrected chi connectivity index (χ1v) is 7.97. The van der Waals surface area contributed by atoms with Crippen molar-refractivity contribution in [2.75, 3.05) is 34.2 Å². The third-order valence-corrected chi connectivity index (χ3v) is 5.18. The van der Waals surface area contributed by atoms with Crippen molar-refractivity contribution >= 4 is 16.0 Å². The van der Waals surface area contributed by atoms with Crippen LogP contribution >= 0.6 is 0 Å². The van der Waals surface area contributed by atoms with Gasteiger partial charge in [0, 0.05) is 13.6 Å². The molecular formula is C13H22N2O5S. The molecule has 8 heteroatoms. The van der Waals surface area contributed by atoms with Gasteiger partial charge in [-0.2, -0.15) is 0 Å². The van der Waals surface area contributed by atoms with Crippen molar-refractivity contribution in [1.82, 2.24) is 9.21 Å². The first-order valence-electron chi connectivity index (χ1n) is 6.53. The molecule has 7 nitrogen and oxygen atoms in total. The average molecular weight is 318 g/mol. The molecule has 1 rings (SSSR count). The van der Waals surface area contributed by atoms with E-state index in [9.17, 15) is 18.3 Å². The van der Waals surface area contributed by atoms with Gasteiger partial charge >= 0.3 is 5.97 Å². The highest BCUT2D eigenvalue weighted by molar-refractivity contribution is 7.89. The molecule has 1 aromatic heterocycles. The van der Waals surface area contributed by atoms with Crippen LogP contribution in [0.1, 0.15) is 28.3 Å². The van der Waals surface area contributed by atoms with Crippen LogP contribution < -0.4 is 0 Å². The summed E-state index contributed by atoms with van der Waals surface area (Å²) in [5.74, 6) is -1.10. The van der Waals surface area contributed by atoms with Crippen LogP contribution in [-0.4, -0.2) is 62.9 Å². The molecule has 0 atom stereocenters. The van der Waals surface area contributed by atoms with E-state index in [2.05, 4.69) is 0 Å². The molecule has 0 bridgehead atoms. The van der Waals surface area contributed by atoms with Crippen LogP contribution in [0.3, 0.4) is 0 Å². The number of aryl methyl sites for hydroxylation is 2. The summed E-state index contributed by atoms with van der Waals surface area (Å²) in [6, 6.07) is 0. The number of hydrogen-bond donors (Lipinski definition) is 1. The summed E-state index contributed by atoms with van der Waals surface area (Å²) >= 11 is 0. The summed E-state index contributed by atoms with van der Waals surface area (Å²) in [5, 5.41) is 9.20. The monoisotopic (exact) mass is 318 g/mol. The third-order valence-electron chi connectivity index (χ3n) is 3.17. The number of aromatic carboxylic acids is 1. The number of nitrogens with zero attached hydrogens (tertiary/aromatic N) is 2. The van der Waals surface area contributed by atoms with Crippen LogP contribution in [0.5, 0.6) is 0 Å². The van der Waals surface area contributed by atoms with Crippen molar-refractivity contribution in [3.8, 4) is 0 Å². The van der Waals surface area contributed by atoms with Gasteiger partial charge in [0.2, 0.25) is 10.0 Å². The predicted molar refractivity (Wildman–Crippen MR) is 78.1 cm³/mol. The molecule has 0 unspecified atom stereocenters. The molecule has 0 spiro atoms. The highest BCUT2D eigenvalue weighted by Crippen LogP contribution is 2.28. The second-order valence-corrected chi connectivity index (χ2v) is 7.19. The van der Waals surface area contributed by atoms with Gasteiger partial charge in [-0.1, -0.05) is 0 Å². The summed E-state index contributed by atoms with van der Waals surface area (Å²) in [6.07, 6.45) is 0.654. The Kier molecular flexibility index (Phi) is 5.54. The Morgan fingerprint density at radius 1 is 1.14 bits per heavy atom. The number of carbonyl (C=O) groups is 1. The Morgan fingerprint density at radius 3 is 2.19 bits per heavy atom. The van der Waals surface area contributed by atoms with Gasteiger partial charge in [0.1, 0.15) is 22.0 Å². The minimum Gasteiger partial charge on any atom is -0.478 e. The number of carboxylic acids is 1. The zero-order chi connectivity index (χ0) is 16.4. The summed E-state index contributed by atoms with van der Waals surface area (Å²) in [5.41, 5.74) is -0.285. The fourth-order valence-corrected chi connectivity index (χ4v) is 3.68. The van der Waals surface area contributed by atoms with E-state index in [1.807, 2.05) is 19.0 Å². The van der Waals surface area contributed by atoms with Gasteiger partial charge in [0.05, 0.1) is 0 Å². The van der Waals surface area contributed by atoms with Gasteiger partial charge in [-0.25, -0.2) is 17.5 Å². The predicted octanol–water partition coefficient (Wildman–Crippen LogP) is 1.17. The molecule has 0 aliphatic rings. The molecule has 120 valence electrons. The molecule has 1 heterocycles. The van der Waals surface area contributed by atoms with Gasteiger partial charge in [-0.3, -0.25) is 0 Å². The molecule has 0 aromatic carbocycles. The van der Waals surface area contributed by atoms with Crippen molar-refractivity contribution < 1.29 is 22.7 Å². The van der Waals surface area contributed by atoms with Crippen LogP contribution in [-0.2, 0) is 10.0 Å². The largest absolute Gasteiger partial charge is 0.478 e. The Labute approximate surface area is 125 Å². The van der Waals surface area contributed by atoms with E-state index in [1.54, 1.807) is 0 Å². The maximum absolute atomic E-state index is 12.6. The second kappa shape index (κ2) is 6.59. The lowest BCUT2D eigenvalue weighted by molar-refractivity contribution is 0.0691. The molecule has 21 heavy (non-hydrogen) atoms. The number of furan rings is 1. The lowest BCUT2D eigenvalue weighted by atomic mass is 10.2. The Morgan fingerprint density at radius 2 is 1.71 bits per heavy atom. The quantitative estimate of drug-likeness (QED) is 0.811. The Hall–Kier alpha value is -1.38. The zero-order valence-electron chi connectivity index (χ0n) is 13.0. The standard InChI is InChI=1S/C13H22N2O5S/c1-9-11(13(16)17)12(10(2)20-9)21(18,19)15(5)8-6-7-14(3)4/h6-8H2,1-5H3,(H,16,17). The van der Waals surface area contributed by atoms with Gasteiger partial charge in [-0.15, -0.1) is 0 Å². The van der Waals surface area contributed by atoms with E-state index in [1.165, 1.54) is 25.2 Å². The molecule has 0 fully saturated rings. The highest BCUT2D eigenvalue weighted by Gasteiger charge is 2.33.